The number of aromatic nitrogens is 2. The summed E-state index contributed by atoms with van der Waals surface area (Å²) in [4.78, 5) is 15.5. The van der Waals surface area contributed by atoms with Gasteiger partial charge in [-0.05, 0) is 59.7 Å². The molecule has 0 fully saturated rings. The number of hydrogen-bond donors (Lipinski definition) is 4. The van der Waals surface area contributed by atoms with Crippen molar-refractivity contribution in [1.29, 1.82) is 0 Å². The van der Waals surface area contributed by atoms with Crippen LogP contribution in [0.3, 0.4) is 0 Å². The number of aryl methyl sites for hydroxylation is 1. The van der Waals surface area contributed by atoms with E-state index < -0.39 is 29.9 Å². The molecule has 2 amide bonds. The molecule has 0 radical (unpaired) electrons. The van der Waals surface area contributed by atoms with Crippen molar-refractivity contribution < 1.29 is 35.4 Å². The third kappa shape index (κ3) is 13.7. The minimum absolute atomic E-state index is 0.0320. The van der Waals surface area contributed by atoms with Crippen LogP contribution in [0.2, 0.25) is 0 Å². The van der Waals surface area contributed by atoms with Gasteiger partial charge in [-0.3, -0.25) is 4.55 Å². The Labute approximate surface area is 268 Å². The number of hydrogen-bond acceptors (Lipinski definition) is 11. The molecule has 2 aromatic carbocycles. The number of benzene rings is 2. The third-order valence-corrected chi connectivity index (χ3v) is 11.0. The van der Waals surface area contributed by atoms with Gasteiger partial charge in [0.15, 0.2) is 5.82 Å². The summed E-state index contributed by atoms with van der Waals surface area (Å²) in [6.07, 6.45) is 12.8. The predicted molar refractivity (Wildman–Crippen MR) is 173 cm³/mol. The van der Waals surface area contributed by atoms with Gasteiger partial charge >= 0.3 is 12.0 Å². The fourth-order valence-electron chi connectivity index (χ4n) is 4.19. The van der Waals surface area contributed by atoms with Crippen LogP contribution in [0.5, 0.6) is 5.75 Å². The molecule has 3 rings (SSSR count). The number of unbranched alkanes of at least 4 members (excludes halogenated alkanes) is 9. The molecular formula is C29H41N5O8S3. The zero-order valence-corrected chi connectivity index (χ0v) is 27.7. The number of hydrazine groups is 1. The highest BCUT2D eigenvalue weighted by atomic mass is 33.1. The van der Waals surface area contributed by atoms with Gasteiger partial charge in [0.1, 0.15) is 5.75 Å². The largest absolute Gasteiger partial charge is 0.494 e. The number of urea groups is 1. The highest BCUT2D eigenvalue weighted by Crippen LogP contribution is 2.26. The Morgan fingerprint density at radius 1 is 0.911 bits per heavy atom. The van der Waals surface area contributed by atoms with Gasteiger partial charge in [-0.2, -0.15) is 13.4 Å². The first-order valence-corrected chi connectivity index (χ1v) is 19.3. The maximum Gasteiger partial charge on any atom is 0.340 e. The van der Waals surface area contributed by atoms with Crippen LogP contribution in [0.4, 0.5) is 16.5 Å². The Balaban J connectivity index is 1.30. The molecule has 0 saturated heterocycles. The second-order valence-corrected chi connectivity index (χ2v) is 15.7. The van der Waals surface area contributed by atoms with Gasteiger partial charge in [0.05, 0.1) is 16.4 Å². The van der Waals surface area contributed by atoms with Gasteiger partial charge < -0.3 is 14.6 Å². The van der Waals surface area contributed by atoms with Crippen molar-refractivity contribution in [3.05, 3.63) is 54.4 Å². The molecule has 248 valence electrons. The van der Waals surface area contributed by atoms with Crippen molar-refractivity contribution in [2.45, 2.75) is 87.3 Å². The number of anilines is 2. The molecule has 3 aromatic rings. The monoisotopic (exact) mass is 683 g/mol. The number of nitrogens with one attached hydrogen (secondary N) is 3. The standard InChI is InChI=1S/C29H41N5O8S3/c1-2-3-4-5-6-7-8-9-10-11-20-41-24-17-15-23(16-18-24)30-28(35)32-33-29-31-27(34-42-29)19-21-43-45(39,40)26-14-12-13-25(22-26)44(36,37)38/h12-18,22H,2-11,19-21H2,1H3,(H2,30,32,35)(H,31,33,34)(H,36,37,38). The van der Waals surface area contributed by atoms with E-state index >= 15 is 0 Å². The molecule has 0 aliphatic rings. The van der Waals surface area contributed by atoms with E-state index in [2.05, 4.69) is 33.2 Å². The summed E-state index contributed by atoms with van der Waals surface area (Å²) in [5, 5.41) is 6.39. The van der Waals surface area contributed by atoms with Crippen molar-refractivity contribution in [2.75, 3.05) is 23.1 Å². The summed E-state index contributed by atoms with van der Waals surface area (Å²) in [7, 11) is -7.90. The van der Waals surface area contributed by atoms with E-state index in [0.29, 0.717) is 23.1 Å². The zero-order valence-electron chi connectivity index (χ0n) is 25.2. The van der Waals surface area contributed by atoms with Crippen LogP contribution >= 0.6 is 10.8 Å². The lowest BCUT2D eigenvalue weighted by Gasteiger charge is -2.09. The van der Waals surface area contributed by atoms with Crippen LogP contribution < -0.4 is 20.9 Å². The topological polar surface area (TPSA) is 190 Å². The molecular weight excluding hydrogens is 643 g/mol. The van der Waals surface area contributed by atoms with E-state index in [4.69, 9.17) is 13.8 Å². The molecule has 13 nitrogen and oxygen atoms in total. The van der Waals surface area contributed by atoms with Crippen molar-refractivity contribution in [3.63, 3.8) is 0 Å². The maximum absolute atomic E-state index is 12.5. The van der Waals surface area contributed by atoms with Crippen molar-refractivity contribution >= 4 is 47.5 Å². The Bertz CT molecular complexity index is 1550. The SMILES string of the molecule is CCCCCCCCCCCCOc1ccc(NC(=O)NNc2nc(CCSS(=O)(=O)c3cccc(S(=O)(=O)O)c3)no2)cc1. The molecule has 0 spiro atoms. The zero-order chi connectivity index (χ0) is 32.5. The highest BCUT2D eigenvalue weighted by Gasteiger charge is 2.19. The van der Waals surface area contributed by atoms with Crippen molar-refractivity contribution in [2.24, 2.45) is 0 Å². The first-order chi connectivity index (χ1) is 21.6. The molecule has 1 heterocycles. The van der Waals surface area contributed by atoms with Crippen LogP contribution in [0.25, 0.3) is 0 Å². The van der Waals surface area contributed by atoms with Gasteiger partial charge in [0, 0.05) is 17.9 Å². The number of amides is 2. The normalized spacial score (nSPS) is 11.7. The fourth-order valence-corrected chi connectivity index (χ4v) is 7.56. The molecule has 45 heavy (non-hydrogen) atoms. The fraction of sp³-hybridized carbons (Fsp3) is 0.483. The molecule has 0 aliphatic carbocycles. The summed E-state index contributed by atoms with van der Waals surface area (Å²) in [5.41, 5.74) is 5.40. The maximum atomic E-state index is 12.5. The molecule has 0 aliphatic heterocycles. The first-order valence-electron chi connectivity index (χ1n) is 14.9. The molecule has 0 saturated carbocycles. The summed E-state index contributed by atoms with van der Waals surface area (Å²) >= 11 is 0. The molecule has 0 atom stereocenters. The van der Waals surface area contributed by atoms with E-state index in [1.165, 1.54) is 63.5 Å². The average molecular weight is 684 g/mol. The quantitative estimate of drug-likeness (QED) is 0.0417. The molecule has 4 N–H and O–H groups in total. The van der Waals surface area contributed by atoms with Gasteiger partial charge in [0.25, 0.3) is 10.1 Å². The summed E-state index contributed by atoms with van der Waals surface area (Å²) < 4.78 is 67.6. The van der Waals surface area contributed by atoms with Gasteiger partial charge in [0.2, 0.25) is 8.87 Å². The molecule has 1 aromatic heterocycles. The van der Waals surface area contributed by atoms with E-state index in [0.717, 1.165) is 30.7 Å². The van der Waals surface area contributed by atoms with Crippen LogP contribution in [-0.2, 0) is 25.4 Å². The predicted octanol–water partition coefficient (Wildman–Crippen LogP) is 6.43. The number of ether oxygens (including phenoxy) is 1. The van der Waals surface area contributed by atoms with Gasteiger partial charge in [-0.15, -0.1) is 0 Å². The number of carbonyl (C=O) groups is 1. The number of carbonyl (C=O) groups excluding carboxylic acids is 1. The van der Waals surface area contributed by atoms with Gasteiger partial charge in [-0.1, -0.05) is 75.9 Å². The lowest BCUT2D eigenvalue weighted by molar-refractivity contribution is 0.253. The van der Waals surface area contributed by atoms with Crippen LogP contribution in [0, 0.1) is 0 Å². The second-order valence-electron chi connectivity index (χ2n) is 10.3. The Morgan fingerprint density at radius 2 is 1.56 bits per heavy atom. The Kier molecular flexibility index (Phi) is 14.9. The van der Waals surface area contributed by atoms with E-state index in [1.54, 1.807) is 24.3 Å². The van der Waals surface area contributed by atoms with E-state index in [9.17, 15) is 21.6 Å². The first kappa shape index (κ1) is 36.1. The lowest BCUT2D eigenvalue weighted by atomic mass is 10.1. The molecule has 0 bridgehead atoms. The van der Waals surface area contributed by atoms with Crippen LogP contribution in [-0.4, -0.2) is 49.9 Å². The second kappa shape index (κ2) is 18.6. The highest BCUT2D eigenvalue weighted by molar-refractivity contribution is 8.72. The van der Waals surface area contributed by atoms with Crippen LogP contribution in [0.15, 0.2) is 62.8 Å². The third-order valence-electron chi connectivity index (χ3n) is 6.59. The molecule has 0 unspecified atom stereocenters. The van der Waals surface area contributed by atoms with Crippen molar-refractivity contribution in [1.82, 2.24) is 15.6 Å². The Hall–Kier alpha value is -3.34. The lowest BCUT2D eigenvalue weighted by Crippen LogP contribution is -2.33. The number of rotatable bonds is 21. The van der Waals surface area contributed by atoms with Crippen LogP contribution in [0.1, 0.15) is 77.0 Å². The average Bonchev–Trinajstić information content (AvgIpc) is 3.47. The Morgan fingerprint density at radius 3 is 2.22 bits per heavy atom. The van der Waals surface area contributed by atoms with E-state index in [-0.39, 0.29) is 28.9 Å². The molecule has 16 heteroatoms. The summed E-state index contributed by atoms with van der Waals surface area (Å²) in [6, 6.07) is 10.8. The smallest absolute Gasteiger partial charge is 0.340 e. The van der Waals surface area contributed by atoms with Crippen molar-refractivity contribution in [3.8, 4) is 5.75 Å². The minimum Gasteiger partial charge on any atom is -0.494 e. The van der Waals surface area contributed by atoms with E-state index in [1.807, 2.05) is 0 Å². The minimum atomic E-state index is -4.54. The summed E-state index contributed by atoms with van der Waals surface area (Å²) in [6.45, 7) is 2.89. The summed E-state index contributed by atoms with van der Waals surface area (Å²) in [5.74, 6) is 0.943. The van der Waals surface area contributed by atoms with Gasteiger partial charge in [-0.25, -0.2) is 24.1 Å². The number of nitrogens with zero attached hydrogens (tertiary/aromatic N) is 2.